The fourth-order valence-corrected chi connectivity index (χ4v) is 2.61. The molecule has 0 spiro atoms. The Bertz CT molecular complexity index is 399. The van der Waals surface area contributed by atoms with E-state index in [2.05, 4.69) is 10.2 Å². The van der Waals surface area contributed by atoms with Crippen LogP contribution in [0.5, 0.6) is 0 Å². The minimum absolute atomic E-state index is 0.0968. The molecule has 1 unspecified atom stereocenters. The number of halogens is 1. The molecule has 3 N–H and O–H groups in total. The Kier molecular flexibility index (Phi) is 4.63. The maximum absolute atomic E-state index is 13.0. The van der Waals surface area contributed by atoms with Gasteiger partial charge in [-0.15, -0.1) is 0 Å². The van der Waals surface area contributed by atoms with Crippen molar-refractivity contribution in [2.45, 2.75) is 12.5 Å². The van der Waals surface area contributed by atoms with Crippen molar-refractivity contribution in [3.8, 4) is 0 Å². The number of hydrogen-bond donors (Lipinski definition) is 2. The zero-order valence-corrected chi connectivity index (χ0v) is 11.0. The van der Waals surface area contributed by atoms with Crippen LogP contribution in [-0.2, 0) is 0 Å². The zero-order chi connectivity index (χ0) is 13.0. The van der Waals surface area contributed by atoms with Crippen LogP contribution in [0.3, 0.4) is 0 Å². The van der Waals surface area contributed by atoms with Gasteiger partial charge in [-0.1, -0.05) is 24.4 Å². The minimum atomic E-state index is -0.238. The summed E-state index contributed by atoms with van der Waals surface area (Å²) in [7, 11) is 0. The highest BCUT2D eigenvalue weighted by Gasteiger charge is 2.23. The van der Waals surface area contributed by atoms with E-state index >= 15 is 0 Å². The standard InChI is InChI=1S/C13H18FN3S/c14-11-4-2-10(3-5-11)12(13(15)18)17-8-1-6-16-7-9-17/h2-5,12,16H,1,6-9H2,(H2,15,18). The molecule has 1 heterocycles. The second-order valence-electron chi connectivity index (χ2n) is 4.50. The molecule has 0 aliphatic carbocycles. The lowest BCUT2D eigenvalue weighted by molar-refractivity contribution is 0.261. The summed E-state index contributed by atoms with van der Waals surface area (Å²) in [5.74, 6) is -0.238. The van der Waals surface area contributed by atoms with E-state index < -0.39 is 0 Å². The van der Waals surface area contributed by atoms with Crippen molar-refractivity contribution in [3.05, 3.63) is 35.6 Å². The van der Waals surface area contributed by atoms with E-state index in [1.165, 1.54) is 12.1 Å². The second kappa shape index (κ2) is 6.22. The molecule has 1 aliphatic rings. The van der Waals surface area contributed by atoms with Crippen molar-refractivity contribution in [1.29, 1.82) is 0 Å². The van der Waals surface area contributed by atoms with Crippen LogP contribution in [-0.4, -0.2) is 36.1 Å². The van der Waals surface area contributed by atoms with Gasteiger partial charge in [-0.25, -0.2) is 4.39 Å². The summed E-state index contributed by atoms with van der Waals surface area (Å²) in [4.78, 5) is 2.71. The number of nitrogens with one attached hydrogen (secondary N) is 1. The van der Waals surface area contributed by atoms with Crippen molar-refractivity contribution >= 4 is 17.2 Å². The summed E-state index contributed by atoms with van der Waals surface area (Å²) in [6.45, 7) is 3.80. The van der Waals surface area contributed by atoms with Gasteiger partial charge in [0.2, 0.25) is 0 Å². The molecular formula is C13H18FN3S. The third kappa shape index (κ3) is 3.25. The minimum Gasteiger partial charge on any atom is -0.392 e. The Balaban J connectivity index is 2.21. The SMILES string of the molecule is NC(=S)C(c1ccc(F)cc1)N1CCCNCC1. The second-order valence-corrected chi connectivity index (χ2v) is 4.97. The van der Waals surface area contributed by atoms with Gasteiger partial charge in [0.25, 0.3) is 0 Å². The van der Waals surface area contributed by atoms with Crippen LogP contribution in [0, 0.1) is 5.82 Å². The number of benzene rings is 1. The molecule has 18 heavy (non-hydrogen) atoms. The smallest absolute Gasteiger partial charge is 0.123 e. The molecule has 1 aliphatic heterocycles. The van der Waals surface area contributed by atoms with E-state index in [4.69, 9.17) is 18.0 Å². The van der Waals surface area contributed by atoms with Crippen LogP contribution in [0.15, 0.2) is 24.3 Å². The van der Waals surface area contributed by atoms with Gasteiger partial charge in [-0.05, 0) is 30.7 Å². The number of thiocarbonyl (C=S) groups is 1. The lowest BCUT2D eigenvalue weighted by Crippen LogP contribution is -2.39. The molecule has 2 rings (SSSR count). The average Bonchev–Trinajstić information content (AvgIpc) is 2.60. The molecule has 5 heteroatoms. The third-order valence-electron chi connectivity index (χ3n) is 3.20. The molecule has 0 aromatic heterocycles. The average molecular weight is 267 g/mol. The van der Waals surface area contributed by atoms with Crippen LogP contribution >= 0.6 is 12.2 Å². The number of rotatable bonds is 3. The molecule has 0 radical (unpaired) electrons. The predicted molar refractivity (Wildman–Crippen MR) is 75.0 cm³/mol. The predicted octanol–water partition coefficient (Wildman–Crippen LogP) is 1.45. The van der Waals surface area contributed by atoms with E-state index in [-0.39, 0.29) is 11.9 Å². The van der Waals surface area contributed by atoms with E-state index in [0.717, 1.165) is 38.2 Å². The van der Waals surface area contributed by atoms with Gasteiger partial charge >= 0.3 is 0 Å². The van der Waals surface area contributed by atoms with E-state index in [1.54, 1.807) is 12.1 Å². The van der Waals surface area contributed by atoms with Gasteiger partial charge in [-0.3, -0.25) is 4.90 Å². The fourth-order valence-electron chi connectivity index (χ4n) is 2.32. The molecule has 1 atom stereocenters. The molecule has 1 aromatic rings. The van der Waals surface area contributed by atoms with Crippen LogP contribution < -0.4 is 11.1 Å². The molecular weight excluding hydrogens is 249 g/mol. The van der Waals surface area contributed by atoms with Crippen molar-refractivity contribution in [2.24, 2.45) is 5.73 Å². The van der Waals surface area contributed by atoms with Crippen molar-refractivity contribution in [1.82, 2.24) is 10.2 Å². The van der Waals surface area contributed by atoms with Gasteiger partial charge in [0.1, 0.15) is 5.82 Å². The summed E-state index contributed by atoms with van der Waals surface area (Å²) in [5, 5.41) is 3.35. The summed E-state index contributed by atoms with van der Waals surface area (Å²) in [6, 6.07) is 6.34. The highest BCUT2D eigenvalue weighted by Crippen LogP contribution is 2.22. The van der Waals surface area contributed by atoms with Gasteiger partial charge in [-0.2, -0.15) is 0 Å². The highest BCUT2D eigenvalue weighted by molar-refractivity contribution is 7.80. The van der Waals surface area contributed by atoms with Crippen molar-refractivity contribution in [2.75, 3.05) is 26.2 Å². The monoisotopic (exact) mass is 267 g/mol. The Hall–Kier alpha value is -1.04. The molecule has 0 saturated carbocycles. The number of nitrogens with zero attached hydrogens (tertiary/aromatic N) is 1. The summed E-state index contributed by atoms with van der Waals surface area (Å²) >= 11 is 5.18. The molecule has 0 bridgehead atoms. The number of hydrogen-bond acceptors (Lipinski definition) is 3. The van der Waals surface area contributed by atoms with Crippen molar-refractivity contribution in [3.63, 3.8) is 0 Å². The molecule has 1 fully saturated rings. The van der Waals surface area contributed by atoms with Gasteiger partial charge in [0.05, 0.1) is 11.0 Å². The van der Waals surface area contributed by atoms with Gasteiger partial charge < -0.3 is 11.1 Å². The molecule has 1 saturated heterocycles. The largest absolute Gasteiger partial charge is 0.392 e. The Morgan fingerprint density at radius 3 is 2.67 bits per heavy atom. The first-order chi connectivity index (χ1) is 8.68. The quantitative estimate of drug-likeness (QED) is 0.813. The third-order valence-corrected chi connectivity index (χ3v) is 3.42. The highest BCUT2D eigenvalue weighted by atomic mass is 32.1. The number of nitrogens with two attached hydrogens (primary N) is 1. The van der Waals surface area contributed by atoms with Gasteiger partial charge in [0, 0.05) is 19.6 Å². The first-order valence-electron chi connectivity index (χ1n) is 6.18. The molecule has 0 amide bonds. The van der Waals surface area contributed by atoms with Gasteiger partial charge in [0.15, 0.2) is 0 Å². The first kappa shape index (κ1) is 13.4. The maximum Gasteiger partial charge on any atom is 0.123 e. The Morgan fingerprint density at radius 1 is 1.28 bits per heavy atom. The van der Waals surface area contributed by atoms with Crippen LogP contribution in [0.1, 0.15) is 18.0 Å². The lowest BCUT2D eigenvalue weighted by Gasteiger charge is -2.29. The summed E-state index contributed by atoms with van der Waals surface area (Å²) < 4.78 is 13.0. The van der Waals surface area contributed by atoms with E-state index in [1.807, 2.05) is 0 Å². The molecule has 98 valence electrons. The maximum atomic E-state index is 13.0. The van der Waals surface area contributed by atoms with Crippen LogP contribution in [0.4, 0.5) is 4.39 Å². The van der Waals surface area contributed by atoms with E-state index in [0.29, 0.717) is 4.99 Å². The van der Waals surface area contributed by atoms with E-state index in [9.17, 15) is 4.39 Å². The molecule has 3 nitrogen and oxygen atoms in total. The van der Waals surface area contributed by atoms with Crippen LogP contribution in [0.25, 0.3) is 0 Å². The lowest BCUT2D eigenvalue weighted by atomic mass is 10.0. The molecule has 1 aromatic carbocycles. The topological polar surface area (TPSA) is 41.3 Å². The fraction of sp³-hybridized carbons (Fsp3) is 0.462. The zero-order valence-electron chi connectivity index (χ0n) is 10.2. The van der Waals surface area contributed by atoms with Crippen LogP contribution in [0.2, 0.25) is 0 Å². The Morgan fingerprint density at radius 2 is 2.00 bits per heavy atom. The summed E-state index contributed by atoms with van der Waals surface area (Å²) in [6.07, 6.45) is 1.07. The van der Waals surface area contributed by atoms with Crippen molar-refractivity contribution < 1.29 is 4.39 Å². The Labute approximate surface area is 112 Å². The summed E-state index contributed by atoms with van der Waals surface area (Å²) in [5.41, 5.74) is 6.83. The normalized spacial score (nSPS) is 19.2. The first-order valence-corrected chi connectivity index (χ1v) is 6.59.